The molecule has 5 nitrogen and oxygen atoms in total. The summed E-state index contributed by atoms with van der Waals surface area (Å²) in [6.45, 7) is 6.82. The lowest BCUT2D eigenvalue weighted by molar-refractivity contribution is 0.438. The largest absolute Gasteiger partial charge is 0.371 e. The molecule has 1 N–H and O–H groups in total. The zero-order valence-electron chi connectivity index (χ0n) is 16.6. The second-order valence-corrected chi connectivity index (χ2v) is 7.90. The number of hydrogen-bond donors (Lipinski definition) is 1. The lowest BCUT2D eigenvalue weighted by Gasteiger charge is -2.33. The Bertz CT molecular complexity index is 1040. The minimum absolute atomic E-state index is 0.00167. The molecule has 142 valence electrons. The van der Waals surface area contributed by atoms with Gasteiger partial charge in [-0.15, -0.1) is 0 Å². The highest BCUT2D eigenvalue weighted by Crippen LogP contribution is 2.29. The Hall–Kier alpha value is -2.69. The SMILES string of the molecule is Cc1cc(Nc2ccc3c(c2)n(C)c(=O)n3C)ccc1N1CCC(C)CC1. The molecule has 1 fully saturated rings. The van der Waals surface area contributed by atoms with Gasteiger partial charge in [-0.2, -0.15) is 0 Å². The van der Waals surface area contributed by atoms with E-state index in [1.165, 1.54) is 24.1 Å². The van der Waals surface area contributed by atoms with Crippen LogP contribution >= 0.6 is 0 Å². The summed E-state index contributed by atoms with van der Waals surface area (Å²) in [6, 6.07) is 12.6. The van der Waals surface area contributed by atoms with Crippen LogP contribution in [0.25, 0.3) is 11.0 Å². The second kappa shape index (κ2) is 6.80. The molecule has 4 rings (SSSR count). The molecule has 0 aliphatic carbocycles. The average molecular weight is 364 g/mol. The van der Waals surface area contributed by atoms with Gasteiger partial charge in [0.15, 0.2) is 0 Å². The van der Waals surface area contributed by atoms with E-state index >= 15 is 0 Å². The van der Waals surface area contributed by atoms with Gasteiger partial charge in [-0.05, 0) is 67.6 Å². The van der Waals surface area contributed by atoms with Gasteiger partial charge in [0.05, 0.1) is 11.0 Å². The summed E-state index contributed by atoms with van der Waals surface area (Å²) in [4.78, 5) is 14.6. The summed E-state index contributed by atoms with van der Waals surface area (Å²) in [6.07, 6.45) is 2.55. The van der Waals surface area contributed by atoms with Gasteiger partial charge in [0.25, 0.3) is 0 Å². The summed E-state index contributed by atoms with van der Waals surface area (Å²) < 4.78 is 3.36. The average Bonchev–Trinajstić information content (AvgIpc) is 2.87. The fourth-order valence-electron chi connectivity index (χ4n) is 4.09. The predicted octanol–water partition coefficient (Wildman–Crippen LogP) is 4.17. The number of aryl methyl sites for hydroxylation is 3. The summed E-state index contributed by atoms with van der Waals surface area (Å²) in [5, 5.41) is 3.49. The van der Waals surface area contributed by atoms with Crippen LogP contribution < -0.4 is 15.9 Å². The van der Waals surface area contributed by atoms with Crippen molar-refractivity contribution in [3.63, 3.8) is 0 Å². The van der Waals surface area contributed by atoms with Crippen molar-refractivity contribution < 1.29 is 0 Å². The molecule has 0 amide bonds. The molecule has 2 heterocycles. The smallest absolute Gasteiger partial charge is 0.328 e. The molecule has 0 unspecified atom stereocenters. The third kappa shape index (κ3) is 3.22. The number of benzene rings is 2. The number of hydrogen-bond acceptors (Lipinski definition) is 3. The van der Waals surface area contributed by atoms with Gasteiger partial charge >= 0.3 is 5.69 Å². The minimum atomic E-state index is -0.00167. The van der Waals surface area contributed by atoms with Crippen LogP contribution in [0.15, 0.2) is 41.2 Å². The molecule has 0 bridgehead atoms. The van der Waals surface area contributed by atoms with E-state index in [4.69, 9.17) is 0 Å². The van der Waals surface area contributed by atoms with Crippen LogP contribution in [0.5, 0.6) is 0 Å². The molecule has 1 aromatic heterocycles. The molecule has 0 atom stereocenters. The zero-order valence-corrected chi connectivity index (χ0v) is 16.6. The first-order valence-electron chi connectivity index (χ1n) is 9.72. The Morgan fingerprint density at radius 1 is 0.926 bits per heavy atom. The van der Waals surface area contributed by atoms with Crippen molar-refractivity contribution in [2.45, 2.75) is 26.7 Å². The molecule has 5 heteroatoms. The Balaban J connectivity index is 1.58. The highest BCUT2D eigenvalue weighted by Gasteiger charge is 2.17. The molecule has 0 saturated carbocycles. The van der Waals surface area contributed by atoms with Crippen LogP contribution in [0.4, 0.5) is 17.1 Å². The topological polar surface area (TPSA) is 42.2 Å². The Morgan fingerprint density at radius 3 is 2.26 bits per heavy atom. The lowest BCUT2D eigenvalue weighted by atomic mass is 9.98. The maximum atomic E-state index is 12.1. The molecular weight excluding hydrogens is 336 g/mol. The van der Waals surface area contributed by atoms with Crippen LogP contribution in [0.1, 0.15) is 25.3 Å². The monoisotopic (exact) mass is 364 g/mol. The number of aromatic nitrogens is 2. The Labute approximate surface area is 160 Å². The van der Waals surface area contributed by atoms with Crippen LogP contribution in [0.3, 0.4) is 0 Å². The molecule has 1 aliphatic rings. The van der Waals surface area contributed by atoms with Crippen molar-refractivity contribution in [3.05, 3.63) is 52.4 Å². The van der Waals surface area contributed by atoms with E-state index in [1.807, 2.05) is 25.2 Å². The highest BCUT2D eigenvalue weighted by molar-refractivity contribution is 5.81. The van der Waals surface area contributed by atoms with Gasteiger partial charge in [-0.1, -0.05) is 6.92 Å². The van der Waals surface area contributed by atoms with Crippen LogP contribution in [-0.2, 0) is 14.1 Å². The first kappa shape index (κ1) is 17.7. The van der Waals surface area contributed by atoms with Crippen molar-refractivity contribution >= 4 is 28.1 Å². The van der Waals surface area contributed by atoms with Gasteiger partial charge in [0.2, 0.25) is 0 Å². The molecular formula is C22H28N4O. The minimum Gasteiger partial charge on any atom is -0.371 e. The number of nitrogens with one attached hydrogen (secondary N) is 1. The summed E-state index contributed by atoms with van der Waals surface area (Å²) >= 11 is 0. The number of piperidine rings is 1. The van der Waals surface area contributed by atoms with Gasteiger partial charge in [0.1, 0.15) is 0 Å². The van der Waals surface area contributed by atoms with Crippen molar-refractivity contribution in [3.8, 4) is 0 Å². The van der Waals surface area contributed by atoms with Crippen molar-refractivity contribution in [1.82, 2.24) is 9.13 Å². The fourth-order valence-corrected chi connectivity index (χ4v) is 4.09. The Kier molecular flexibility index (Phi) is 4.46. The number of imidazole rings is 1. The number of anilines is 3. The number of nitrogens with zero attached hydrogens (tertiary/aromatic N) is 3. The molecule has 0 radical (unpaired) electrons. The molecule has 27 heavy (non-hydrogen) atoms. The summed E-state index contributed by atoms with van der Waals surface area (Å²) in [7, 11) is 3.62. The standard InChI is InChI=1S/C22H28N4O/c1-15-9-11-26(12-10-15)19-7-5-17(13-16(19)2)23-18-6-8-20-21(14-18)25(4)22(27)24(20)3/h5-8,13-15,23H,9-12H2,1-4H3. The number of rotatable bonds is 3. The van der Waals surface area contributed by atoms with Gasteiger partial charge < -0.3 is 10.2 Å². The highest BCUT2D eigenvalue weighted by atomic mass is 16.1. The lowest BCUT2D eigenvalue weighted by Crippen LogP contribution is -2.33. The van der Waals surface area contributed by atoms with Crippen LogP contribution in [-0.4, -0.2) is 22.2 Å². The summed E-state index contributed by atoms with van der Waals surface area (Å²) in [5.41, 5.74) is 6.57. The van der Waals surface area contributed by atoms with E-state index in [2.05, 4.69) is 42.3 Å². The second-order valence-electron chi connectivity index (χ2n) is 7.90. The van der Waals surface area contributed by atoms with E-state index in [0.717, 1.165) is 41.4 Å². The molecule has 1 saturated heterocycles. The number of fused-ring (bicyclic) bond motifs is 1. The molecule has 3 aromatic rings. The van der Waals surface area contributed by atoms with Crippen molar-refractivity contribution in [2.75, 3.05) is 23.3 Å². The van der Waals surface area contributed by atoms with E-state index < -0.39 is 0 Å². The third-order valence-corrected chi connectivity index (χ3v) is 5.88. The molecule has 0 spiro atoms. The van der Waals surface area contributed by atoms with E-state index in [1.54, 1.807) is 16.2 Å². The van der Waals surface area contributed by atoms with Crippen molar-refractivity contribution in [2.24, 2.45) is 20.0 Å². The van der Waals surface area contributed by atoms with Crippen LogP contribution in [0.2, 0.25) is 0 Å². The van der Waals surface area contributed by atoms with Crippen molar-refractivity contribution in [1.29, 1.82) is 0 Å². The fraction of sp³-hybridized carbons (Fsp3) is 0.409. The van der Waals surface area contributed by atoms with Gasteiger partial charge in [-0.3, -0.25) is 9.13 Å². The van der Waals surface area contributed by atoms with E-state index in [-0.39, 0.29) is 5.69 Å². The first-order valence-corrected chi connectivity index (χ1v) is 9.72. The Morgan fingerprint density at radius 2 is 1.56 bits per heavy atom. The molecule has 2 aromatic carbocycles. The summed E-state index contributed by atoms with van der Waals surface area (Å²) in [5.74, 6) is 0.839. The van der Waals surface area contributed by atoms with E-state index in [9.17, 15) is 4.79 Å². The normalized spacial score (nSPS) is 15.5. The maximum Gasteiger partial charge on any atom is 0.328 e. The van der Waals surface area contributed by atoms with E-state index in [0.29, 0.717) is 0 Å². The molecule has 1 aliphatic heterocycles. The quantitative estimate of drug-likeness (QED) is 0.759. The van der Waals surface area contributed by atoms with Gasteiger partial charge in [-0.25, -0.2) is 4.79 Å². The van der Waals surface area contributed by atoms with Crippen LogP contribution in [0, 0.1) is 12.8 Å². The zero-order chi connectivity index (χ0) is 19.1. The maximum absolute atomic E-state index is 12.1. The third-order valence-electron chi connectivity index (χ3n) is 5.88. The first-order chi connectivity index (χ1) is 12.9. The predicted molar refractivity (Wildman–Crippen MR) is 113 cm³/mol. The van der Waals surface area contributed by atoms with Gasteiger partial charge in [0, 0.05) is 44.2 Å².